The van der Waals surface area contributed by atoms with Crippen molar-refractivity contribution in [1.29, 1.82) is 0 Å². The molecule has 0 aliphatic carbocycles. The van der Waals surface area contributed by atoms with Gasteiger partial charge >= 0.3 is 0 Å². The smallest absolute Gasteiger partial charge is 0.0347 e. The van der Waals surface area contributed by atoms with Gasteiger partial charge in [-0.2, -0.15) is 0 Å². The molecular weight excluding hydrogens is 86.1 g/mol. The molecule has 1 nitrogen and oxygen atoms in total. The van der Waals surface area contributed by atoms with Crippen LogP contribution in [0, 0.1) is 0 Å². The molecule has 1 heterocycles. The minimum absolute atomic E-state index is 0.978. The van der Waals surface area contributed by atoms with Gasteiger partial charge in [-0.1, -0.05) is 11.1 Å². The average molecular weight is 96.2 g/mol. The summed E-state index contributed by atoms with van der Waals surface area (Å²) in [6.45, 7) is 6.25. The Bertz CT molecular complexity index is 90.7. The third-order valence-electron chi connectivity index (χ3n) is 1.43. The SMILES string of the molecule is CC1=C(C)C[N]C1. The summed E-state index contributed by atoms with van der Waals surface area (Å²) in [7, 11) is 0. The lowest BCUT2D eigenvalue weighted by molar-refractivity contribution is 0.844. The average Bonchev–Trinajstić information content (AvgIpc) is 1.91. The summed E-state index contributed by atoms with van der Waals surface area (Å²) in [5.41, 5.74) is 2.92. The van der Waals surface area contributed by atoms with Crippen LogP contribution in [0.3, 0.4) is 0 Å². The van der Waals surface area contributed by atoms with Gasteiger partial charge in [0.15, 0.2) is 0 Å². The molecule has 0 spiro atoms. The predicted molar refractivity (Wildman–Crippen MR) is 30.2 cm³/mol. The van der Waals surface area contributed by atoms with Gasteiger partial charge in [-0.3, -0.25) is 0 Å². The topological polar surface area (TPSA) is 14.1 Å². The zero-order valence-corrected chi connectivity index (χ0v) is 4.86. The lowest BCUT2D eigenvalue weighted by Crippen LogP contribution is -1.97. The molecule has 1 heteroatoms. The molecule has 1 aliphatic heterocycles. The van der Waals surface area contributed by atoms with Crippen molar-refractivity contribution >= 4 is 0 Å². The fourth-order valence-electron chi connectivity index (χ4n) is 0.661. The highest BCUT2D eigenvalue weighted by atomic mass is 14.9. The van der Waals surface area contributed by atoms with E-state index in [1.54, 1.807) is 0 Å². The van der Waals surface area contributed by atoms with Crippen LogP contribution >= 0.6 is 0 Å². The molecule has 0 saturated carbocycles. The van der Waals surface area contributed by atoms with Crippen LogP contribution in [0.15, 0.2) is 11.1 Å². The van der Waals surface area contributed by atoms with E-state index in [-0.39, 0.29) is 0 Å². The summed E-state index contributed by atoms with van der Waals surface area (Å²) < 4.78 is 0. The molecule has 7 heavy (non-hydrogen) atoms. The fraction of sp³-hybridized carbons (Fsp3) is 0.667. The maximum absolute atomic E-state index is 4.17. The van der Waals surface area contributed by atoms with E-state index < -0.39 is 0 Å². The maximum Gasteiger partial charge on any atom is 0.0347 e. The van der Waals surface area contributed by atoms with Crippen LogP contribution in [-0.4, -0.2) is 13.1 Å². The highest BCUT2D eigenvalue weighted by Gasteiger charge is 2.03. The summed E-state index contributed by atoms with van der Waals surface area (Å²) in [5.74, 6) is 0. The molecule has 0 fully saturated rings. The number of hydrogen-bond acceptors (Lipinski definition) is 0. The van der Waals surface area contributed by atoms with E-state index in [0.717, 1.165) is 13.1 Å². The van der Waals surface area contributed by atoms with Gasteiger partial charge in [0.25, 0.3) is 0 Å². The predicted octanol–water partition coefficient (Wildman–Crippen LogP) is 0.941. The Labute approximate surface area is 44.4 Å². The van der Waals surface area contributed by atoms with E-state index in [1.807, 2.05) is 0 Å². The van der Waals surface area contributed by atoms with Crippen molar-refractivity contribution in [2.45, 2.75) is 13.8 Å². The largest absolute Gasteiger partial charge is 0.233 e. The van der Waals surface area contributed by atoms with E-state index in [4.69, 9.17) is 0 Å². The fourth-order valence-corrected chi connectivity index (χ4v) is 0.661. The van der Waals surface area contributed by atoms with Crippen LogP contribution < -0.4 is 5.32 Å². The Kier molecular flexibility index (Phi) is 1.15. The Balaban J connectivity index is 2.64. The normalized spacial score (nSPS) is 21.4. The second-order valence-electron chi connectivity index (χ2n) is 2.10. The monoisotopic (exact) mass is 96.1 g/mol. The van der Waals surface area contributed by atoms with Gasteiger partial charge in [0.2, 0.25) is 0 Å². The van der Waals surface area contributed by atoms with Crippen LogP contribution in [0.2, 0.25) is 0 Å². The highest BCUT2D eigenvalue weighted by molar-refractivity contribution is 5.17. The molecule has 0 amide bonds. The molecule has 1 radical (unpaired) electrons. The first kappa shape index (κ1) is 4.85. The van der Waals surface area contributed by atoms with Gasteiger partial charge in [0.1, 0.15) is 0 Å². The van der Waals surface area contributed by atoms with Crippen molar-refractivity contribution < 1.29 is 0 Å². The summed E-state index contributed by atoms with van der Waals surface area (Å²) in [5, 5.41) is 4.17. The summed E-state index contributed by atoms with van der Waals surface area (Å²) in [6.07, 6.45) is 0. The summed E-state index contributed by atoms with van der Waals surface area (Å²) in [6, 6.07) is 0. The van der Waals surface area contributed by atoms with Crippen LogP contribution in [0.25, 0.3) is 0 Å². The standard InChI is InChI=1S/C6H10N/c1-5-3-7-4-6(5)2/h3-4H2,1-2H3. The van der Waals surface area contributed by atoms with E-state index in [2.05, 4.69) is 19.2 Å². The van der Waals surface area contributed by atoms with Crippen LogP contribution in [0.5, 0.6) is 0 Å². The van der Waals surface area contributed by atoms with Crippen LogP contribution in [-0.2, 0) is 0 Å². The van der Waals surface area contributed by atoms with Gasteiger partial charge < -0.3 is 0 Å². The second kappa shape index (κ2) is 1.66. The van der Waals surface area contributed by atoms with Crippen molar-refractivity contribution in [3.8, 4) is 0 Å². The van der Waals surface area contributed by atoms with Crippen LogP contribution in [0.4, 0.5) is 0 Å². The number of nitrogens with zero attached hydrogens (tertiary/aromatic N) is 1. The van der Waals surface area contributed by atoms with E-state index >= 15 is 0 Å². The second-order valence-corrected chi connectivity index (χ2v) is 2.10. The van der Waals surface area contributed by atoms with Crippen molar-refractivity contribution in [2.24, 2.45) is 0 Å². The molecule has 0 aromatic carbocycles. The Morgan fingerprint density at radius 1 is 1.14 bits per heavy atom. The summed E-state index contributed by atoms with van der Waals surface area (Å²) in [4.78, 5) is 0. The minimum atomic E-state index is 0.978. The molecule has 0 unspecified atom stereocenters. The zero-order chi connectivity index (χ0) is 5.28. The van der Waals surface area contributed by atoms with E-state index in [1.165, 1.54) is 11.1 Å². The molecule has 0 aromatic rings. The van der Waals surface area contributed by atoms with Crippen molar-refractivity contribution in [3.63, 3.8) is 0 Å². The molecule has 0 atom stereocenters. The van der Waals surface area contributed by atoms with E-state index in [9.17, 15) is 0 Å². The molecule has 39 valence electrons. The third kappa shape index (κ3) is 0.829. The first-order valence-electron chi connectivity index (χ1n) is 2.59. The summed E-state index contributed by atoms with van der Waals surface area (Å²) >= 11 is 0. The third-order valence-corrected chi connectivity index (χ3v) is 1.43. The molecule has 1 rings (SSSR count). The van der Waals surface area contributed by atoms with Gasteiger partial charge in [-0.15, -0.1) is 0 Å². The lowest BCUT2D eigenvalue weighted by Gasteiger charge is -1.85. The number of rotatable bonds is 0. The zero-order valence-electron chi connectivity index (χ0n) is 4.86. The first-order valence-corrected chi connectivity index (χ1v) is 2.59. The quantitative estimate of drug-likeness (QED) is 0.398. The van der Waals surface area contributed by atoms with Crippen molar-refractivity contribution in [2.75, 3.05) is 13.1 Å². The Morgan fingerprint density at radius 2 is 1.57 bits per heavy atom. The Hall–Kier alpha value is -0.300. The van der Waals surface area contributed by atoms with Crippen molar-refractivity contribution in [1.82, 2.24) is 5.32 Å². The molecular formula is C6H10N. The van der Waals surface area contributed by atoms with E-state index in [0.29, 0.717) is 0 Å². The van der Waals surface area contributed by atoms with Gasteiger partial charge in [0.05, 0.1) is 0 Å². The number of hydrogen-bond donors (Lipinski definition) is 0. The maximum atomic E-state index is 4.17. The van der Waals surface area contributed by atoms with Gasteiger partial charge in [-0.25, -0.2) is 5.32 Å². The first-order chi connectivity index (χ1) is 3.30. The molecule has 0 N–H and O–H groups in total. The van der Waals surface area contributed by atoms with Gasteiger partial charge in [-0.05, 0) is 13.8 Å². The molecule has 1 aliphatic rings. The molecule has 0 aromatic heterocycles. The minimum Gasteiger partial charge on any atom is -0.233 e. The van der Waals surface area contributed by atoms with Crippen molar-refractivity contribution in [3.05, 3.63) is 11.1 Å². The highest BCUT2D eigenvalue weighted by Crippen LogP contribution is 2.06. The molecule has 0 bridgehead atoms. The van der Waals surface area contributed by atoms with Gasteiger partial charge in [0, 0.05) is 13.1 Å². The van der Waals surface area contributed by atoms with Crippen LogP contribution in [0.1, 0.15) is 13.8 Å². The molecule has 0 saturated heterocycles. The Morgan fingerprint density at radius 3 is 1.71 bits per heavy atom. The lowest BCUT2D eigenvalue weighted by atomic mass is 10.2.